The number of piperidine rings is 1. The number of nitrogens with one attached hydrogen (secondary N) is 3. The Labute approximate surface area is 147 Å². The van der Waals surface area contributed by atoms with E-state index in [1.54, 1.807) is 6.07 Å². The molecule has 1 aromatic carbocycles. The predicted molar refractivity (Wildman–Crippen MR) is 98.5 cm³/mol. The summed E-state index contributed by atoms with van der Waals surface area (Å²) < 4.78 is 0. The number of benzene rings is 1. The zero-order valence-corrected chi connectivity index (χ0v) is 14.7. The molecule has 0 spiro atoms. The first-order valence-corrected chi connectivity index (χ1v) is 9.01. The van der Waals surface area contributed by atoms with Crippen molar-refractivity contribution in [1.29, 1.82) is 0 Å². The second-order valence-electron chi connectivity index (χ2n) is 7.22. The fourth-order valence-electron chi connectivity index (χ4n) is 3.28. The SMILES string of the molecule is CC1(CNC(=O)CCCc2nc3ccccc3c(=O)[nH]2)CCNCC1. The third-order valence-electron chi connectivity index (χ3n) is 5.00. The minimum atomic E-state index is -0.121. The van der Waals surface area contributed by atoms with Crippen LogP contribution >= 0.6 is 0 Å². The summed E-state index contributed by atoms with van der Waals surface area (Å²) in [4.78, 5) is 31.4. The van der Waals surface area contributed by atoms with Gasteiger partial charge in [-0.05, 0) is 49.9 Å². The Morgan fingerprint density at radius 3 is 2.84 bits per heavy atom. The first kappa shape index (κ1) is 17.6. The van der Waals surface area contributed by atoms with E-state index >= 15 is 0 Å². The Bertz CT molecular complexity index is 793. The molecule has 3 rings (SSSR count). The monoisotopic (exact) mass is 342 g/mol. The van der Waals surface area contributed by atoms with Crippen molar-refractivity contribution in [2.75, 3.05) is 19.6 Å². The van der Waals surface area contributed by atoms with E-state index in [1.807, 2.05) is 18.2 Å². The highest BCUT2D eigenvalue weighted by atomic mass is 16.1. The summed E-state index contributed by atoms with van der Waals surface area (Å²) in [5.41, 5.74) is 0.778. The Kier molecular flexibility index (Phi) is 5.48. The van der Waals surface area contributed by atoms with Crippen molar-refractivity contribution in [1.82, 2.24) is 20.6 Å². The minimum Gasteiger partial charge on any atom is -0.356 e. The van der Waals surface area contributed by atoms with Crippen LogP contribution in [0.15, 0.2) is 29.1 Å². The van der Waals surface area contributed by atoms with Crippen molar-refractivity contribution in [3.63, 3.8) is 0 Å². The van der Waals surface area contributed by atoms with Gasteiger partial charge in [-0.1, -0.05) is 19.1 Å². The molecule has 0 bridgehead atoms. The number of nitrogens with zero attached hydrogens (tertiary/aromatic N) is 1. The van der Waals surface area contributed by atoms with Crippen molar-refractivity contribution >= 4 is 16.8 Å². The van der Waals surface area contributed by atoms with Crippen LogP contribution in [0.3, 0.4) is 0 Å². The van der Waals surface area contributed by atoms with Crippen LogP contribution in [-0.2, 0) is 11.2 Å². The van der Waals surface area contributed by atoms with Gasteiger partial charge in [0.05, 0.1) is 10.9 Å². The van der Waals surface area contributed by atoms with Gasteiger partial charge in [-0.25, -0.2) is 4.98 Å². The summed E-state index contributed by atoms with van der Waals surface area (Å²) in [5.74, 6) is 0.713. The molecule has 2 aromatic rings. The maximum absolute atomic E-state index is 12.1. The lowest BCUT2D eigenvalue weighted by Crippen LogP contribution is -2.42. The number of aromatic nitrogens is 2. The second-order valence-corrected chi connectivity index (χ2v) is 7.22. The number of para-hydroxylation sites is 1. The van der Waals surface area contributed by atoms with E-state index in [0.29, 0.717) is 36.0 Å². The van der Waals surface area contributed by atoms with Gasteiger partial charge in [-0.15, -0.1) is 0 Å². The number of aryl methyl sites for hydroxylation is 1. The smallest absolute Gasteiger partial charge is 0.258 e. The van der Waals surface area contributed by atoms with Crippen LogP contribution in [0.2, 0.25) is 0 Å². The molecular formula is C19H26N4O2. The van der Waals surface area contributed by atoms with Crippen molar-refractivity contribution in [3.05, 3.63) is 40.4 Å². The van der Waals surface area contributed by atoms with Crippen molar-refractivity contribution < 1.29 is 4.79 Å². The van der Waals surface area contributed by atoms with Crippen LogP contribution in [0.25, 0.3) is 10.9 Å². The third kappa shape index (κ3) is 4.66. The van der Waals surface area contributed by atoms with E-state index < -0.39 is 0 Å². The van der Waals surface area contributed by atoms with Gasteiger partial charge in [-0.3, -0.25) is 9.59 Å². The number of fused-ring (bicyclic) bond motifs is 1. The topological polar surface area (TPSA) is 86.9 Å². The minimum absolute atomic E-state index is 0.0721. The van der Waals surface area contributed by atoms with Gasteiger partial charge in [0.2, 0.25) is 5.91 Å². The van der Waals surface area contributed by atoms with Crippen LogP contribution in [-0.4, -0.2) is 35.5 Å². The summed E-state index contributed by atoms with van der Waals surface area (Å²) >= 11 is 0. The molecule has 0 radical (unpaired) electrons. The summed E-state index contributed by atoms with van der Waals surface area (Å²) in [6, 6.07) is 7.29. The highest BCUT2D eigenvalue weighted by Gasteiger charge is 2.26. The molecule has 6 heteroatoms. The van der Waals surface area contributed by atoms with E-state index in [-0.39, 0.29) is 16.9 Å². The molecule has 1 aromatic heterocycles. The molecule has 3 N–H and O–H groups in total. The van der Waals surface area contributed by atoms with E-state index in [2.05, 4.69) is 27.5 Å². The number of carbonyl (C=O) groups excluding carboxylic acids is 1. The summed E-state index contributed by atoms with van der Waals surface area (Å²) in [6.07, 6.45) is 3.90. The number of aromatic amines is 1. The van der Waals surface area contributed by atoms with Crippen molar-refractivity contribution in [2.24, 2.45) is 5.41 Å². The van der Waals surface area contributed by atoms with Gasteiger partial charge in [0.1, 0.15) is 5.82 Å². The normalized spacial score (nSPS) is 16.7. The molecule has 0 aliphatic carbocycles. The number of carbonyl (C=O) groups is 1. The lowest BCUT2D eigenvalue weighted by Gasteiger charge is -2.34. The predicted octanol–water partition coefficient (Wildman–Crippen LogP) is 1.75. The molecular weight excluding hydrogens is 316 g/mol. The van der Waals surface area contributed by atoms with Gasteiger partial charge in [0.25, 0.3) is 5.56 Å². The molecule has 1 saturated heterocycles. The fraction of sp³-hybridized carbons (Fsp3) is 0.526. The molecule has 6 nitrogen and oxygen atoms in total. The van der Waals surface area contributed by atoms with Gasteiger partial charge in [0, 0.05) is 19.4 Å². The number of hydrogen-bond donors (Lipinski definition) is 3. The summed E-state index contributed by atoms with van der Waals surface area (Å²) in [5, 5.41) is 7.01. The lowest BCUT2D eigenvalue weighted by molar-refractivity contribution is -0.121. The Hall–Kier alpha value is -2.21. The maximum Gasteiger partial charge on any atom is 0.258 e. The van der Waals surface area contributed by atoms with Crippen LogP contribution < -0.4 is 16.2 Å². The third-order valence-corrected chi connectivity index (χ3v) is 5.00. The van der Waals surface area contributed by atoms with E-state index in [4.69, 9.17) is 0 Å². The molecule has 1 aliphatic heterocycles. The van der Waals surface area contributed by atoms with Crippen LogP contribution in [0.5, 0.6) is 0 Å². The Morgan fingerprint density at radius 2 is 2.04 bits per heavy atom. The van der Waals surface area contributed by atoms with Gasteiger partial charge < -0.3 is 15.6 Å². The Balaban J connectivity index is 1.47. The van der Waals surface area contributed by atoms with E-state index in [1.165, 1.54) is 0 Å². The fourth-order valence-corrected chi connectivity index (χ4v) is 3.28. The van der Waals surface area contributed by atoms with Gasteiger partial charge >= 0.3 is 0 Å². The van der Waals surface area contributed by atoms with Crippen LogP contribution in [0.1, 0.15) is 38.4 Å². The molecule has 134 valence electrons. The van der Waals surface area contributed by atoms with Gasteiger partial charge in [0.15, 0.2) is 0 Å². The zero-order chi connectivity index (χ0) is 17.7. The molecule has 1 aliphatic rings. The first-order valence-electron chi connectivity index (χ1n) is 9.01. The molecule has 25 heavy (non-hydrogen) atoms. The van der Waals surface area contributed by atoms with Crippen LogP contribution in [0, 0.1) is 5.41 Å². The maximum atomic E-state index is 12.1. The van der Waals surface area contributed by atoms with Crippen LogP contribution in [0.4, 0.5) is 0 Å². The number of hydrogen-bond acceptors (Lipinski definition) is 4. The zero-order valence-electron chi connectivity index (χ0n) is 14.7. The molecule has 0 unspecified atom stereocenters. The quantitative estimate of drug-likeness (QED) is 0.746. The van der Waals surface area contributed by atoms with E-state index in [9.17, 15) is 9.59 Å². The Morgan fingerprint density at radius 1 is 1.28 bits per heavy atom. The molecule has 2 heterocycles. The molecule has 1 fully saturated rings. The molecule has 1 amide bonds. The first-order chi connectivity index (χ1) is 12.1. The van der Waals surface area contributed by atoms with Gasteiger partial charge in [-0.2, -0.15) is 0 Å². The van der Waals surface area contributed by atoms with Crippen molar-refractivity contribution in [2.45, 2.75) is 39.0 Å². The number of rotatable bonds is 6. The molecule has 0 atom stereocenters. The van der Waals surface area contributed by atoms with Crippen molar-refractivity contribution in [3.8, 4) is 0 Å². The number of H-pyrrole nitrogens is 1. The average Bonchev–Trinajstić information content (AvgIpc) is 2.61. The lowest BCUT2D eigenvalue weighted by atomic mass is 9.81. The summed E-state index contributed by atoms with van der Waals surface area (Å²) in [7, 11) is 0. The largest absolute Gasteiger partial charge is 0.356 e. The second kappa shape index (κ2) is 7.78. The average molecular weight is 342 g/mol. The number of amides is 1. The standard InChI is InChI=1S/C19H26N4O2/c1-19(9-11-20-12-10-19)13-21-17(24)8-4-7-16-22-15-6-3-2-5-14(15)18(25)23-16/h2-3,5-6,20H,4,7-13H2,1H3,(H,21,24)(H,22,23,25). The highest BCUT2D eigenvalue weighted by molar-refractivity contribution is 5.77. The molecule has 0 saturated carbocycles. The van der Waals surface area contributed by atoms with E-state index in [0.717, 1.165) is 32.5 Å². The summed E-state index contributed by atoms with van der Waals surface area (Å²) in [6.45, 7) is 5.01. The highest BCUT2D eigenvalue weighted by Crippen LogP contribution is 2.26.